The lowest BCUT2D eigenvalue weighted by atomic mass is 10.1. The Morgan fingerprint density at radius 1 is 1.32 bits per heavy atom. The summed E-state index contributed by atoms with van der Waals surface area (Å²) in [5.41, 5.74) is 0. The second-order valence-corrected chi connectivity index (χ2v) is 7.62. The maximum absolute atomic E-state index is 12.2. The van der Waals surface area contributed by atoms with Crippen LogP contribution < -0.4 is 0 Å². The number of carbonyl (C=O) groups is 1. The van der Waals surface area contributed by atoms with Gasteiger partial charge in [-0.2, -0.15) is 4.31 Å². The largest absolute Gasteiger partial charge is 0.381 e. The van der Waals surface area contributed by atoms with Crippen molar-refractivity contribution in [2.45, 2.75) is 25.3 Å². The van der Waals surface area contributed by atoms with Crippen LogP contribution in [-0.2, 0) is 19.6 Å². The minimum Gasteiger partial charge on any atom is -0.381 e. The van der Waals surface area contributed by atoms with Gasteiger partial charge in [-0.3, -0.25) is 4.79 Å². The Morgan fingerprint density at radius 3 is 2.47 bits per heavy atom. The highest BCUT2D eigenvalue weighted by atomic mass is 32.2. The van der Waals surface area contributed by atoms with Crippen molar-refractivity contribution < 1.29 is 17.9 Å². The lowest BCUT2D eigenvalue weighted by Gasteiger charge is -2.27. The average Bonchev–Trinajstić information content (AvgIpc) is 3.02. The topological polar surface area (TPSA) is 66.9 Å². The van der Waals surface area contributed by atoms with E-state index in [9.17, 15) is 13.2 Å². The van der Waals surface area contributed by atoms with Crippen molar-refractivity contribution in [1.82, 2.24) is 9.21 Å². The Morgan fingerprint density at radius 2 is 2.00 bits per heavy atom. The first-order chi connectivity index (χ1) is 8.88. The van der Waals surface area contributed by atoms with Crippen molar-refractivity contribution in [3.05, 3.63) is 0 Å². The third kappa shape index (κ3) is 4.15. The van der Waals surface area contributed by atoms with Crippen molar-refractivity contribution in [2.75, 3.05) is 39.6 Å². The Balaban J connectivity index is 1.92. The molecule has 0 bridgehead atoms. The van der Waals surface area contributed by atoms with E-state index in [0.717, 1.165) is 36.4 Å². The Bertz CT molecular complexity index is 427. The third-order valence-corrected chi connectivity index (χ3v) is 4.97. The Hall–Kier alpha value is -0.660. The van der Waals surface area contributed by atoms with Crippen LogP contribution in [0.2, 0.25) is 0 Å². The van der Waals surface area contributed by atoms with Crippen molar-refractivity contribution in [3.8, 4) is 0 Å². The molecule has 1 saturated carbocycles. The summed E-state index contributed by atoms with van der Waals surface area (Å²) in [6.45, 7) is 2.10. The molecule has 2 fully saturated rings. The van der Waals surface area contributed by atoms with Crippen molar-refractivity contribution in [3.63, 3.8) is 0 Å². The van der Waals surface area contributed by atoms with Gasteiger partial charge in [0.05, 0.1) is 19.4 Å². The number of likely N-dealkylation sites (N-methyl/N-ethyl adjacent to an activating group) is 1. The first-order valence-corrected chi connectivity index (χ1v) is 8.51. The molecule has 1 saturated heterocycles. The lowest BCUT2D eigenvalue weighted by Crippen LogP contribution is -2.44. The van der Waals surface area contributed by atoms with Gasteiger partial charge in [0.1, 0.15) is 0 Å². The predicted molar refractivity (Wildman–Crippen MR) is 71.1 cm³/mol. The van der Waals surface area contributed by atoms with Crippen LogP contribution in [0.3, 0.4) is 0 Å². The van der Waals surface area contributed by atoms with E-state index >= 15 is 0 Å². The smallest absolute Gasteiger partial charge is 0.238 e. The number of rotatable bonds is 6. The first-order valence-electron chi connectivity index (χ1n) is 6.66. The molecule has 0 aromatic heterocycles. The maximum Gasteiger partial charge on any atom is 0.238 e. The van der Waals surface area contributed by atoms with Gasteiger partial charge in [0.15, 0.2) is 0 Å². The molecule has 2 rings (SSSR count). The standard InChI is InChI=1S/C12H22N2O4S/c1-13(19(2,16)17)8-12(15)14(11-3-4-11)7-10-5-6-18-9-10/h10-11H,3-9H2,1-2H3/t10-/m1/s1. The van der Waals surface area contributed by atoms with E-state index in [1.807, 2.05) is 4.90 Å². The number of ether oxygens (including phenoxy) is 1. The van der Waals surface area contributed by atoms with E-state index in [4.69, 9.17) is 4.74 Å². The molecule has 7 heteroatoms. The van der Waals surface area contributed by atoms with Gasteiger partial charge in [0, 0.05) is 32.2 Å². The number of hydrogen-bond donors (Lipinski definition) is 0. The number of sulfonamides is 1. The van der Waals surface area contributed by atoms with Crippen LogP contribution in [0.5, 0.6) is 0 Å². The summed E-state index contributed by atoms with van der Waals surface area (Å²) < 4.78 is 29.1. The van der Waals surface area contributed by atoms with Crippen LogP contribution in [0.4, 0.5) is 0 Å². The number of hydrogen-bond acceptors (Lipinski definition) is 4. The predicted octanol–water partition coefficient (Wildman–Crippen LogP) is -0.0947. The van der Waals surface area contributed by atoms with Gasteiger partial charge < -0.3 is 9.64 Å². The van der Waals surface area contributed by atoms with Crippen molar-refractivity contribution in [2.24, 2.45) is 5.92 Å². The summed E-state index contributed by atoms with van der Waals surface area (Å²) in [4.78, 5) is 14.1. The Labute approximate surface area is 114 Å². The van der Waals surface area contributed by atoms with Crippen LogP contribution in [0, 0.1) is 5.92 Å². The van der Waals surface area contributed by atoms with E-state index in [1.54, 1.807) is 0 Å². The SMILES string of the molecule is CN(CC(=O)N(C[C@H]1CCOC1)C1CC1)S(C)(=O)=O. The van der Waals surface area contributed by atoms with Crippen LogP contribution in [0.15, 0.2) is 0 Å². The van der Waals surface area contributed by atoms with Gasteiger partial charge in [-0.25, -0.2) is 8.42 Å². The summed E-state index contributed by atoms with van der Waals surface area (Å²) in [5.74, 6) is 0.301. The quantitative estimate of drug-likeness (QED) is 0.685. The minimum absolute atomic E-state index is 0.0666. The highest BCUT2D eigenvalue weighted by Crippen LogP contribution is 2.29. The minimum atomic E-state index is -3.30. The Kier molecular flexibility index (Phi) is 4.47. The van der Waals surface area contributed by atoms with E-state index in [-0.39, 0.29) is 12.5 Å². The van der Waals surface area contributed by atoms with Gasteiger partial charge >= 0.3 is 0 Å². The molecule has 0 radical (unpaired) electrons. The number of carbonyl (C=O) groups excluding carboxylic acids is 1. The molecule has 1 amide bonds. The molecular weight excluding hydrogens is 268 g/mol. The van der Waals surface area contributed by atoms with Gasteiger partial charge in [0.25, 0.3) is 0 Å². The van der Waals surface area contributed by atoms with E-state index < -0.39 is 10.0 Å². The second kappa shape index (κ2) is 5.76. The molecular formula is C12H22N2O4S. The maximum atomic E-state index is 12.2. The second-order valence-electron chi connectivity index (χ2n) is 5.53. The fraction of sp³-hybridized carbons (Fsp3) is 0.917. The van der Waals surface area contributed by atoms with Gasteiger partial charge in [0.2, 0.25) is 15.9 Å². The molecule has 1 aliphatic carbocycles. The number of nitrogens with zero attached hydrogens (tertiary/aromatic N) is 2. The van der Waals surface area contributed by atoms with Crippen molar-refractivity contribution in [1.29, 1.82) is 0 Å². The fourth-order valence-corrected chi connectivity index (χ4v) is 2.59. The van der Waals surface area contributed by atoms with Crippen LogP contribution in [-0.4, -0.2) is 69.2 Å². The molecule has 2 aliphatic rings. The van der Waals surface area contributed by atoms with Crippen molar-refractivity contribution >= 4 is 15.9 Å². The van der Waals surface area contributed by atoms with E-state index in [2.05, 4.69) is 0 Å². The molecule has 110 valence electrons. The van der Waals surface area contributed by atoms with Crippen LogP contribution >= 0.6 is 0 Å². The molecule has 1 atom stereocenters. The van der Waals surface area contributed by atoms with E-state index in [0.29, 0.717) is 25.1 Å². The highest BCUT2D eigenvalue weighted by Gasteiger charge is 2.35. The summed E-state index contributed by atoms with van der Waals surface area (Å²) >= 11 is 0. The molecule has 19 heavy (non-hydrogen) atoms. The molecule has 0 unspecified atom stereocenters. The first kappa shape index (κ1) is 14.7. The highest BCUT2D eigenvalue weighted by molar-refractivity contribution is 7.88. The molecule has 1 heterocycles. The van der Waals surface area contributed by atoms with Crippen LogP contribution in [0.25, 0.3) is 0 Å². The lowest BCUT2D eigenvalue weighted by molar-refractivity contribution is -0.132. The van der Waals surface area contributed by atoms with E-state index in [1.165, 1.54) is 7.05 Å². The number of amides is 1. The molecule has 1 aliphatic heterocycles. The van der Waals surface area contributed by atoms with Gasteiger partial charge in [-0.1, -0.05) is 0 Å². The van der Waals surface area contributed by atoms with Crippen LogP contribution in [0.1, 0.15) is 19.3 Å². The third-order valence-electron chi connectivity index (χ3n) is 3.71. The fourth-order valence-electron chi connectivity index (χ4n) is 2.24. The zero-order valence-corrected chi connectivity index (χ0v) is 12.4. The molecule has 0 aromatic rings. The van der Waals surface area contributed by atoms with Gasteiger partial charge in [-0.15, -0.1) is 0 Å². The zero-order chi connectivity index (χ0) is 14.0. The molecule has 0 aromatic carbocycles. The normalized spacial score (nSPS) is 23.8. The summed E-state index contributed by atoms with van der Waals surface area (Å²) in [5, 5.41) is 0. The molecule has 0 N–H and O–H groups in total. The average molecular weight is 290 g/mol. The monoisotopic (exact) mass is 290 g/mol. The summed E-state index contributed by atoms with van der Waals surface area (Å²) in [6.07, 6.45) is 4.16. The summed E-state index contributed by atoms with van der Waals surface area (Å²) in [6, 6.07) is 0.307. The molecule has 6 nitrogen and oxygen atoms in total. The molecule has 0 spiro atoms. The van der Waals surface area contributed by atoms with Gasteiger partial charge in [-0.05, 0) is 19.3 Å². The summed E-state index contributed by atoms with van der Waals surface area (Å²) in [7, 11) is -1.86. The zero-order valence-electron chi connectivity index (χ0n) is 11.5.